The highest BCUT2D eigenvalue weighted by molar-refractivity contribution is 6.64. The van der Waals surface area contributed by atoms with Crippen LogP contribution in [0.4, 0.5) is 0 Å². The average Bonchev–Trinajstić information content (AvgIpc) is 2.11. The van der Waals surface area contributed by atoms with Crippen LogP contribution in [-0.2, 0) is 19.2 Å². The number of ketones is 2. The molecule has 0 amide bonds. The number of carbonyl (C=O) groups is 3. The molecule has 72 valence electrons. The third-order valence-corrected chi connectivity index (χ3v) is 1.21. The van der Waals surface area contributed by atoms with Crippen molar-refractivity contribution in [1.29, 1.82) is 0 Å². The van der Waals surface area contributed by atoms with E-state index in [2.05, 4.69) is 9.99 Å². The Morgan fingerprint density at radius 2 is 1.77 bits per heavy atom. The summed E-state index contributed by atoms with van der Waals surface area (Å²) in [7, 11) is 0. The van der Waals surface area contributed by atoms with Crippen LogP contribution in [-0.4, -0.2) is 23.2 Å². The Balaban J connectivity index is 4.33. The molecule has 0 saturated heterocycles. The minimum Gasteiger partial charge on any atom is -0.318 e. The summed E-state index contributed by atoms with van der Waals surface area (Å²) in [4.78, 5) is 36.3. The van der Waals surface area contributed by atoms with Gasteiger partial charge in [-0.2, -0.15) is 0 Å². The third kappa shape index (κ3) is 4.15. The second-order valence-corrected chi connectivity index (χ2v) is 2.37. The van der Waals surface area contributed by atoms with Gasteiger partial charge in [0.25, 0.3) is 0 Å². The molecule has 0 fully saturated rings. The first-order chi connectivity index (χ1) is 5.99. The molecule has 0 spiro atoms. The molecule has 0 N–H and O–H groups in total. The van der Waals surface area contributed by atoms with Crippen LogP contribution in [0.3, 0.4) is 0 Å². The molecular weight excluding hydrogens is 174 g/mol. The molecule has 5 nitrogen and oxygen atoms in total. The van der Waals surface area contributed by atoms with E-state index < -0.39 is 17.5 Å². The molecular formula is C8H11NO4. The number of hydrogen-bond acceptors (Lipinski definition) is 5. The van der Waals surface area contributed by atoms with E-state index in [1.165, 1.54) is 6.92 Å². The summed E-state index contributed by atoms with van der Waals surface area (Å²) < 4.78 is 0. The fraction of sp³-hybridized carbons (Fsp3) is 0.500. The Kier molecular flexibility index (Phi) is 4.58. The predicted molar refractivity (Wildman–Crippen MR) is 45.2 cm³/mol. The quantitative estimate of drug-likeness (QED) is 0.276. The van der Waals surface area contributed by atoms with Crippen molar-refractivity contribution >= 4 is 23.2 Å². The van der Waals surface area contributed by atoms with Crippen LogP contribution in [0.2, 0.25) is 0 Å². The van der Waals surface area contributed by atoms with Crippen LogP contribution in [0, 0.1) is 0 Å². The molecule has 0 rings (SSSR count). The van der Waals surface area contributed by atoms with E-state index in [0.29, 0.717) is 0 Å². The lowest BCUT2D eigenvalue weighted by Crippen LogP contribution is -2.21. The molecule has 0 saturated carbocycles. The first-order valence-electron chi connectivity index (χ1n) is 3.78. The lowest BCUT2D eigenvalue weighted by molar-refractivity contribution is -0.141. The number of carbonyl (C=O) groups excluding carboxylic acids is 3. The number of oxime groups is 1. The molecule has 0 aromatic rings. The van der Waals surface area contributed by atoms with Gasteiger partial charge >= 0.3 is 5.97 Å². The topological polar surface area (TPSA) is 72.8 Å². The van der Waals surface area contributed by atoms with E-state index >= 15 is 0 Å². The van der Waals surface area contributed by atoms with Gasteiger partial charge in [-0.25, -0.2) is 4.79 Å². The van der Waals surface area contributed by atoms with Gasteiger partial charge in [-0.3, -0.25) is 9.59 Å². The minimum absolute atomic E-state index is 0.109. The monoisotopic (exact) mass is 185 g/mol. The summed E-state index contributed by atoms with van der Waals surface area (Å²) in [6, 6.07) is 0. The molecule has 0 bridgehead atoms. The summed E-state index contributed by atoms with van der Waals surface area (Å²) in [6.45, 7) is 4.04. The first-order valence-corrected chi connectivity index (χ1v) is 3.78. The van der Waals surface area contributed by atoms with Crippen molar-refractivity contribution in [2.24, 2.45) is 5.16 Å². The molecule has 0 unspecified atom stereocenters. The van der Waals surface area contributed by atoms with Gasteiger partial charge in [0.15, 0.2) is 0 Å². The zero-order valence-corrected chi connectivity index (χ0v) is 7.79. The van der Waals surface area contributed by atoms with Gasteiger partial charge in [0.05, 0.1) is 0 Å². The van der Waals surface area contributed by atoms with Crippen LogP contribution in [0.25, 0.3) is 0 Å². The normalized spacial score (nSPS) is 10.8. The third-order valence-electron chi connectivity index (χ3n) is 1.21. The van der Waals surface area contributed by atoms with Gasteiger partial charge in [-0.15, -0.1) is 0 Å². The lowest BCUT2D eigenvalue weighted by atomic mass is 10.1. The van der Waals surface area contributed by atoms with Crippen LogP contribution < -0.4 is 0 Å². The first kappa shape index (κ1) is 11.5. The molecule has 0 aliphatic rings. The van der Waals surface area contributed by atoms with Crippen molar-refractivity contribution in [3.05, 3.63) is 0 Å². The highest BCUT2D eigenvalue weighted by Crippen LogP contribution is 1.89. The molecule has 0 aliphatic heterocycles. The molecule has 0 atom stereocenters. The van der Waals surface area contributed by atoms with Gasteiger partial charge < -0.3 is 4.84 Å². The van der Waals surface area contributed by atoms with E-state index in [1.54, 1.807) is 6.92 Å². The average molecular weight is 185 g/mol. The number of hydrogen-bond donors (Lipinski definition) is 0. The Bertz CT molecular complexity index is 267. The Morgan fingerprint density at radius 3 is 2.15 bits per heavy atom. The predicted octanol–water partition coefficient (Wildman–Crippen LogP) is 0.474. The Morgan fingerprint density at radius 1 is 1.23 bits per heavy atom. The largest absolute Gasteiger partial charge is 0.331 e. The molecule has 0 aromatic heterocycles. The number of Topliss-reactive ketones (excluding diaryl/α,β-unsaturated/α-hetero) is 2. The number of nitrogens with zero attached hydrogens (tertiary/aromatic N) is 1. The van der Waals surface area contributed by atoms with Gasteiger partial charge in [0.1, 0.15) is 5.71 Å². The van der Waals surface area contributed by atoms with Crippen molar-refractivity contribution in [1.82, 2.24) is 0 Å². The van der Waals surface area contributed by atoms with E-state index in [1.807, 2.05) is 0 Å². The summed E-state index contributed by atoms with van der Waals surface area (Å²) >= 11 is 0. The van der Waals surface area contributed by atoms with Gasteiger partial charge in [0, 0.05) is 13.3 Å². The van der Waals surface area contributed by atoms with E-state index in [0.717, 1.165) is 6.92 Å². The van der Waals surface area contributed by atoms with Crippen molar-refractivity contribution in [2.45, 2.75) is 27.2 Å². The fourth-order valence-corrected chi connectivity index (χ4v) is 0.537. The van der Waals surface area contributed by atoms with Crippen molar-refractivity contribution in [2.75, 3.05) is 0 Å². The zero-order valence-electron chi connectivity index (χ0n) is 7.79. The summed E-state index contributed by atoms with van der Waals surface area (Å²) in [5.74, 6) is -1.90. The van der Waals surface area contributed by atoms with Gasteiger partial charge in [0.2, 0.25) is 11.6 Å². The maximum Gasteiger partial charge on any atom is 0.331 e. The molecule has 0 heterocycles. The van der Waals surface area contributed by atoms with Gasteiger partial charge in [-0.05, 0) is 6.92 Å². The Hall–Kier alpha value is -1.52. The molecule has 0 aliphatic carbocycles. The fourth-order valence-electron chi connectivity index (χ4n) is 0.537. The number of rotatable bonds is 4. The summed E-state index contributed by atoms with van der Waals surface area (Å²) in [6.07, 6.45) is 0.117. The SMILES string of the molecule is CCC(=O)C(=O)/C(C)=N/OC(C)=O. The highest BCUT2D eigenvalue weighted by Gasteiger charge is 2.15. The smallest absolute Gasteiger partial charge is 0.318 e. The molecule has 5 heteroatoms. The van der Waals surface area contributed by atoms with E-state index in [9.17, 15) is 14.4 Å². The second kappa shape index (κ2) is 5.18. The highest BCUT2D eigenvalue weighted by atomic mass is 16.7. The van der Waals surface area contributed by atoms with Crippen LogP contribution in [0.15, 0.2) is 5.16 Å². The lowest BCUT2D eigenvalue weighted by Gasteiger charge is -1.95. The zero-order chi connectivity index (χ0) is 10.4. The van der Waals surface area contributed by atoms with E-state index in [-0.39, 0.29) is 12.1 Å². The van der Waals surface area contributed by atoms with Crippen molar-refractivity contribution in [3.8, 4) is 0 Å². The molecule has 0 aromatic carbocycles. The van der Waals surface area contributed by atoms with Crippen molar-refractivity contribution < 1.29 is 19.2 Å². The molecule has 13 heavy (non-hydrogen) atoms. The maximum absolute atomic E-state index is 11.0. The second-order valence-electron chi connectivity index (χ2n) is 2.37. The van der Waals surface area contributed by atoms with Crippen LogP contribution in [0.5, 0.6) is 0 Å². The van der Waals surface area contributed by atoms with Crippen LogP contribution >= 0.6 is 0 Å². The van der Waals surface area contributed by atoms with Crippen LogP contribution in [0.1, 0.15) is 27.2 Å². The standard InChI is InChI=1S/C8H11NO4/c1-4-7(11)8(12)5(2)9-13-6(3)10/h4H2,1-3H3/b9-5+. The van der Waals surface area contributed by atoms with Gasteiger partial charge in [-0.1, -0.05) is 12.1 Å². The Labute approximate surface area is 75.7 Å². The van der Waals surface area contributed by atoms with E-state index in [4.69, 9.17) is 0 Å². The summed E-state index contributed by atoms with van der Waals surface area (Å²) in [5, 5.41) is 3.19. The molecule has 0 radical (unpaired) electrons. The van der Waals surface area contributed by atoms with Crippen molar-refractivity contribution in [3.63, 3.8) is 0 Å². The summed E-state index contributed by atoms with van der Waals surface area (Å²) in [5.41, 5.74) is -0.109. The maximum atomic E-state index is 11.0. The minimum atomic E-state index is -0.719.